The second kappa shape index (κ2) is 6.62. The van der Waals surface area contributed by atoms with E-state index in [9.17, 15) is 9.18 Å². The summed E-state index contributed by atoms with van der Waals surface area (Å²) in [4.78, 5) is 19.7. The van der Waals surface area contributed by atoms with Crippen LogP contribution in [-0.4, -0.2) is 42.1 Å². The number of nitrogens with zero attached hydrogens (tertiary/aromatic N) is 2. The second-order valence-electron chi connectivity index (χ2n) is 7.78. The Morgan fingerprint density at radius 1 is 1.31 bits per heavy atom. The average molecular weight is 356 g/mol. The lowest BCUT2D eigenvalue weighted by molar-refractivity contribution is -0.0295. The Morgan fingerprint density at radius 3 is 2.92 bits per heavy atom. The van der Waals surface area contributed by atoms with Crippen LogP contribution in [0.5, 0.6) is 0 Å². The first-order valence-electron chi connectivity index (χ1n) is 9.41. The fourth-order valence-corrected chi connectivity index (χ4v) is 4.96. The van der Waals surface area contributed by atoms with Crippen molar-refractivity contribution >= 4 is 16.8 Å². The number of halogens is 1. The number of ether oxygens (including phenoxy) is 1. The summed E-state index contributed by atoms with van der Waals surface area (Å²) in [6.45, 7) is 3.35. The van der Waals surface area contributed by atoms with Gasteiger partial charge in [-0.3, -0.25) is 9.78 Å². The van der Waals surface area contributed by atoms with E-state index in [1.807, 2.05) is 17.9 Å². The predicted octanol–water partition coefficient (Wildman–Crippen LogP) is 4.10. The number of piperidine rings is 1. The van der Waals surface area contributed by atoms with Crippen LogP contribution in [0.2, 0.25) is 0 Å². The molecule has 1 spiro atoms. The van der Waals surface area contributed by atoms with E-state index in [4.69, 9.17) is 4.74 Å². The molecule has 1 saturated carbocycles. The van der Waals surface area contributed by atoms with Crippen LogP contribution in [0, 0.1) is 18.2 Å². The molecule has 26 heavy (non-hydrogen) atoms. The summed E-state index contributed by atoms with van der Waals surface area (Å²) in [6.07, 6.45) is 5.73. The van der Waals surface area contributed by atoms with Crippen LogP contribution in [0.1, 0.15) is 48.2 Å². The maximum absolute atomic E-state index is 13.6. The molecule has 2 heterocycles. The van der Waals surface area contributed by atoms with Gasteiger partial charge in [0.2, 0.25) is 0 Å². The fraction of sp³-hybridized carbons (Fsp3) is 0.524. The Kier molecular flexibility index (Phi) is 4.43. The van der Waals surface area contributed by atoms with Crippen molar-refractivity contribution in [2.24, 2.45) is 5.41 Å². The van der Waals surface area contributed by atoms with Crippen LogP contribution in [-0.2, 0) is 4.74 Å². The van der Waals surface area contributed by atoms with Gasteiger partial charge in [-0.25, -0.2) is 4.39 Å². The van der Waals surface area contributed by atoms with E-state index in [0.717, 1.165) is 56.3 Å². The largest absolute Gasteiger partial charge is 0.381 e. The summed E-state index contributed by atoms with van der Waals surface area (Å²) in [5, 5.41) is 0.719. The number of rotatable bonds is 2. The summed E-state index contributed by atoms with van der Waals surface area (Å²) >= 11 is 0. The van der Waals surface area contributed by atoms with Crippen LogP contribution in [0.15, 0.2) is 24.3 Å². The Hall–Kier alpha value is -2.01. The lowest BCUT2D eigenvalue weighted by atomic mass is 9.76. The van der Waals surface area contributed by atoms with Gasteiger partial charge in [0.25, 0.3) is 5.91 Å². The van der Waals surface area contributed by atoms with Gasteiger partial charge >= 0.3 is 0 Å². The number of aryl methyl sites for hydroxylation is 1. The van der Waals surface area contributed by atoms with Gasteiger partial charge in [-0.15, -0.1) is 0 Å². The van der Waals surface area contributed by atoms with Crippen molar-refractivity contribution in [3.05, 3.63) is 41.3 Å². The standard InChI is InChI=1S/C21H25FN2O2/c1-14-11-17(16-7-6-15(22)12-18(16)23-14)20(25)24-10-4-9-21(13-24)8-3-5-19(21)26-2/h6-7,11-12,19H,3-5,8-10,13H2,1-2H3/t19-,21+/m1/s1. The van der Waals surface area contributed by atoms with E-state index in [2.05, 4.69) is 4.98 Å². The number of methoxy groups -OCH3 is 1. The van der Waals surface area contributed by atoms with Gasteiger partial charge in [0.05, 0.1) is 17.2 Å². The van der Waals surface area contributed by atoms with Crippen LogP contribution in [0.3, 0.4) is 0 Å². The molecule has 1 amide bonds. The Morgan fingerprint density at radius 2 is 2.12 bits per heavy atom. The molecule has 1 aromatic heterocycles. The molecule has 5 heteroatoms. The third-order valence-electron chi connectivity index (χ3n) is 6.13. The minimum atomic E-state index is -0.334. The molecule has 2 aromatic rings. The molecule has 1 aliphatic carbocycles. The highest BCUT2D eigenvalue weighted by Gasteiger charge is 2.46. The number of aromatic nitrogens is 1. The molecule has 0 N–H and O–H groups in total. The van der Waals surface area contributed by atoms with Crippen molar-refractivity contribution in [3.63, 3.8) is 0 Å². The van der Waals surface area contributed by atoms with E-state index >= 15 is 0 Å². The molecule has 2 fully saturated rings. The predicted molar refractivity (Wildman–Crippen MR) is 98.7 cm³/mol. The third-order valence-corrected chi connectivity index (χ3v) is 6.13. The number of fused-ring (bicyclic) bond motifs is 1. The lowest BCUT2D eigenvalue weighted by Crippen LogP contribution is -2.49. The number of pyridine rings is 1. The number of hydrogen-bond donors (Lipinski definition) is 0. The quantitative estimate of drug-likeness (QED) is 0.813. The first-order chi connectivity index (χ1) is 12.5. The van der Waals surface area contributed by atoms with Crippen molar-refractivity contribution in [2.75, 3.05) is 20.2 Å². The molecule has 2 aliphatic rings. The van der Waals surface area contributed by atoms with Gasteiger partial charge in [0, 0.05) is 42.8 Å². The fourth-order valence-electron chi connectivity index (χ4n) is 4.96. The molecule has 1 saturated heterocycles. The molecule has 1 aromatic carbocycles. The molecule has 0 radical (unpaired) electrons. The zero-order valence-corrected chi connectivity index (χ0v) is 15.4. The average Bonchev–Trinajstić information content (AvgIpc) is 3.01. The number of amides is 1. The lowest BCUT2D eigenvalue weighted by Gasteiger charge is -2.43. The number of likely N-dealkylation sites (tertiary alicyclic amines) is 1. The zero-order valence-electron chi connectivity index (χ0n) is 15.4. The highest BCUT2D eigenvalue weighted by molar-refractivity contribution is 6.06. The maximum Gasteiger partial charge on any atom is 0.254 e. The first kappa shape index (κ1) is 17.4. The molecule has 4 rings (SSSR count). The van der Waals surface area contributed by atoms with Crippen molar-refractivity contribution in [1.82, 2.24) is 9.88 Å². The van der Waals surface area contributed by atoms with Gasteiger partial charge in [-0.2, -0.15) is 0 Å². The summed E-state index contributed by atoms with van der Waals surface area (Å²) < 4.78 is 19.3. The van der Waals surface area contributed by atoms with E-state index in [1.165, 1.54) is 12.1 Å². The zero-order chi connectivity index (χ0) is 18.3. The minimum Gasteiger partial charge on any atom is -0.381 e. The molecular formula is C21H25FN2O2. The van der Waals surface area contributed by atoms with Crippen molar-refractivity contribution in [2.45, 2.75) is 45.1 Å². The first-order valence-corrected chi connectivity index (χ1v) is 9.41. The smallest absolute Gasteiger partial charge is 0.254 e. The third kappa shape index (κ3) is 2.88. The molecular weight excluding hydrogens is 331 g/mol. The van der Waals surface area contributed by atoms with E-state index < -0.39 is 0 Å². The SMILES string of the molecule is CO[C@@H]1CCC[C@@]12CCCN(C(=O)c1cc(C)nc3cc(F)ccc13)C2. The summed E-state index contributed by atoms with van der Waals surface area (Å²) in [6, 6.07) is 6.28. The van der Waals surface area contributed by atoms with Gasteiger partial charge in [-0.05, 0) is 50.8 Å². The maximum atomic E-state index is 13.6. The Bertz CT molecular complexity index is 848. The van der Waals surface area contributed by atoms with Gasteiger partial charge in [0.15, 0.2) is 0 Å². The summed E-state index contributed by atoms with van der Waals surface area (Å²) in [7, 11) is 1.78. The molecule has 0 bridgehead atoms. The number of carbonyl (C=O) groups excluding carboxylic acids is 1. The molecule has 0 unspecified atom stereocenters. The van der Waals surface area contributed by atoms with Crippen LogP contribution >= 0.6 is 0 Å². The number of hydrogen-bond acceptors (Lipinski definition) is 3. The number of carbonyl (C=O) groups is 1. The van der Waals surface area contributed by atoms with Gasteiger partial charge in [-0.1, -0.05) is 6.42 Å². The minimum absolute atomic E-state index is 0.0212. The Labute approximate surface area is 153 Å². The molecule has 138 valence electrons. The number of benzene rings is 1. The van der Waals surface area contributed by atoms with E-state index in [1.54, 1.807) is 13.2 Å². The second-order valence-corrected chi connectivity index (χ2v) is 7.78. The topological polar surface area (TPSA) is 42.4 Å². The monoisotopic (exact) mass is 356 g/mol. The van der Waals surface area contributed by atoms with Crippen molar-refractivity contribution < 1.29 is 13.9 Å². The summed E-state index contributed by atoms with van der Waals surface area (Å²) in [5.74, 6) is -0.312. The van der Waals surface area contributed by atoms with Crippen molar-refractivity contribution in [1.29, 1.82) is 0 Å². The molecule has 4 nitrogen and oxygen atoms in total. The van der Waals surface area contributed by atoms with Crippen molar-refractivity contribution in [3.8, 4) is 0 Å². The highest BCUT2D eigenvalue weighted by Crippen LogP contribution is 2.46. The van der Waals surface area contributed by atoms with E-state index in [-0.39, 0.29) is 23.2 Å². The highest BCUT2D eigenvalue weighted by atomic mass is 19.1. The Balaban J connectivity index is 1.68. The van der Waals surface area contributed by atoms with Crippen LogP contribution in [0.4, 0.5) is 4.39 Å². The van der Waals surface area contributed by atoms with E-state index in [0.29, 0.717) is 11.1 Å². The van der Waals surface area contributed by atoms with Crippen LogP contribution in [0.25, 0.3) is 10.9 Å². The summed E-state index contributed by atoms with van der Waals surface area (Å²) in [5.41, 5.74) is 1.98. The van der Waals surface area contributed by atoms with Gasteiger partial charge < -0.3 is 9.64 Å². The van der Waals surface area contributed by atoms with Gasteiger partial charge in [0.1, 0.15) is 5.82 Å². The molecule has 1 aliphatic heterocycles. The normalized spacial score (nSPS) is 26.0. The van der Waals surface area contributed by atoms with Crippen LogP contribution < -0.4 is 0 Å². The molecule has 2 atom stereocenters.